The Morgan fingerprint density at radius 3 is 2.46 bits per heavy atom. The molecule has 2 amide bonds. The molecule has 3 rings (SSSR count). The number of para-hydroxylation sites is 2. The van der Waals surface area contributed by atoms with E-state index in [2.05, 4.69) is 20.6 Å². The first-order chi connectivity index (χ1) is 13.4. The van der Waals surface area contributed by atoms with Gasteiger partial charge in [-0.05, 0) is 30.2 Å². The number of anilines is 1. The van der Waals surface area contributed by atoms with E-state index in [0.717, 1.165) is 17.6 Å². The van der Waals surface area contributed by atoms with Gasteiger partial charge in [0, 0.05) is 11.6 Å². The molecule has 0 saturated carbocycles. The van der Waals surface area contributed by atoms with Crippen molar-refractivity contribution in [3.63, 3.8) is 0 Å². The van der Waals surface area contributed by atoms with Crippen LogP contribution in [0.1, 0.15) is 30.6 Å². The molecular formula is C20H20F2N4O2. The maximum Gasteiger partial charge on any atom is 0.252 e. The van der Waals surface area contributed by atoms with Gasteiger partial charge in [0.1, 0.15) is 17.7 Å². The van der Waals surface area contributed by atoms with Crippen LogP contribution in [0, 0.1) is 17.6 Å². The zero-order chi connectivity index (χ0) is 20.3. The molecule has 0 aliphatic carbocycles. The fraction of sp³-hybridized carbons (Fsp3) is 0.250. The van der Waals surface area contributed by atoms with Crippen molar-refractivity contribution >= 4 is 28.8 Å². The topological polar surface area (TPSA) is 86.9 Å². The Hall–Kier alpha value is -3.29. The lowest BCUT2D eigenvalue weighted by atomic mass is 9.98. The Labute approximate surface area is 160 Å². The maximum absolute atomic E-state index is 13.4. The van der Waals surface area contributed by atoms with E-state index >= 15 is 0 Å². The summed E-state index contributed by atoms with van der Waals surface area (Å²) in [7, 11) is 0. The second-order valence-corrected chi connectivity index (χ2v) is 6.59. The van der Waals surface area contributed by atoms with Crippen molar-refractivity contribution in [3.05, 3.63) is 59.7 Å². The van der Waals surface area contributed by atoms with E-state index < -0.39 is 29.5 Å². The second kappa shape index (κ2) is 8.16. The Balaban J connectivity index is 1.78. The Morgan fingerprint density at radius 1 is 1.14 bits per heavy atom. The first-order valence-electron chi connectivity index (χ1n) is 8.90. The molecule has 146 valence electrons. The number of benzene rings is 2. The molecule has 8 heteroatoms. The summed E-state index contributed by atoms with van der Waals surface area (Å²) in [5.41, 5.74) is 1.26. The van der Waals surface area contributed by atoms with Gasteiger partial charge in [0.15, 0.2) is 0 Å². The van der Waals surface area contributed by atoms with Crippen LogP contribution < -0.4 is 10.6 Å². The van der Waals surface area contributed by atoms with Crippen LogP contribution in [0.4, 0.5) is 14.7 Å². The van der Waals surface area contributed by atoms with Crippen LogP contribution in [-0.2, 0) is 4.79 Å². The fourth-order valence-electron chi connectivity index (χ4n) is 2.82. The molecule has 1 heterocycles. The van der Waals surface area contributed by atoms with Crippen molar-refractivity contribution in [2.45, 2.75) is 26.3 Å². The Morgan fingerprint density at radius 2 is 1.82 bits per heavy atom. The van der Waals surface area contributed by atoms with Gasteiger partial charge in [-0.3, -0.25) is 14.9 Å². The van der Waals surface area contributed by atoms with Crippen molar-refractivity contribution in [1.29, 1.82) is 0 Å². The molecular weight excluding hydrogens is 366 g/mol. The van der Waals surface area contributed by atoms with E-state index in [0.29, 0.717) is 18.0 Å². The number of aromatic amines is 1. The number of hydrogen-bond acceptors (Lipinski definition) is 3. The number of aromatic nitrogens is 2. The molecule has 0 bridgehead atoms. The highest BCUT2D eigenvalue weighted by atomic mass is 19.1. The van der Waals surface area contributed by atoms with Gasteiger partial charge in [0.25, 0.3) is 5.91 Å². The minimum atomic E-state index is -0.906. The number of carbonyl (C=O) groups excluding carboxylic acids is 2. The van der Waals surface area contributed by atoms with Gasteiger partial charge in [-0.25, -0.2) is 13.8 Å². The van der Waals surface area contributed by atoms with Crippen molar-refractivity contribution in [2.75, 3.05) is 5.32 Å². The fourth-order valence-corrected chi connectivity index (χ4v) is 2.82. The van der Waals surface area contributed by atoms with E-state index in [1.54, 1.807) is 13.0 Å². The summed E-state index contributed by atoms with van der Waals surface area (Å²) >= 11 is 0. The standard InChI is InChI=1S/C20H20F2N4O2/c1-3-11(2)17(25-18(27)12-8-13(21)10-14(22)9-12)19(28)26-20-23-15-6-4-5-7-16(15)24-20/h4-11,17H,3H2,1-2H3,(H,25,27)(H2,23,24,26,28)/t11-,17-/m0/s1. The first kappa shape index (κ1) is 19.5. The highest BCUT2D eigenvalue weighted by Gasteiger charge is 2.27. The monoisotopic (exact) mass is 386 g/mol. The molecule has 0 radical (unpaired) electrons. The number of carbonyl (C=O) groups is 2. The Bertz CT molecular complexity index is 965. The summed E-state index contributed by atoms with van der Waals surface area (Å²) in [6.45, 7) is 3.68. The average Bonchev–Trinajstić information content (AvgIpc) is 3.06. The summed E-state index contributed by atoms with van der Waals surface area (Å²) < 4.78 is 26.8. The highest BCUT2D eigenvalue weighted by molar-refractivity contribution is 6.01. The number of fused-ring (bicyclic) bond motifs is 1. The van der Waals surface area contributed by atoms with E-state index in [4.69, 9.17) is 0 Å². The van der Waals surface area contributed by atoms with Gasteiger partial charge >= 0.3 is 0 Å². The van der Waals surface area contributed by atoms with Crippen LogP contribution in [0.5, 0.6) is 0 Å². The highest BCUT2D eigenvalue weighted by Crippen LogP contribution is 2.16. The SMILES string of the molecule is CC[C@H](C)[C@H](NC(=O)c1cc(F)cc(F)c1)C(=O)Nc1nc2ccccc2[nH]1. The van der Waals surface area contributed by atoms with Gasteiger partial charge in [-0.2, -0.15) is 0 Å². The summed E-state index contributed by atoms with van der Waals surface area (Å²) in [5, 5.41) is 5.22. The van der Waals surface area contributed by atoms with Crippen LogP contribution in [-0.4, -0.2) is 27.8 Å². The van der Waals surface area contributed by atoms with Crippen LogP contribution in [0.3, 0.4) is 0 Å². The molecule has 0 aliphatic rings. The third kappa shape index (κ3) is 4.33. The predicted octanol–water partition coefficient (Wildman–Crippen LogP) is 3.62. The lowest BCUT2D eigenvalue weighted by Crippen LogP contribution is -2.47. The van der Waals surface area contributed by atoms with Gasteiger partial charge in [0.2, 0.25) is 11.9 Å². The molecule has 1 aromatic heterocycles. The number of nitrogens with one attached hydrogen (secondary N) is 3. The smallest absolute Gasteiger partial charge is 0.252 e. The lowest BCUT2D eigenvalue weighted by molar-refractivity contribution is -0.119. The molecule has 6 nitrogen and oxygen atoms in total. The molecule has 0 saturated heterocycles. The maximum atomic E-state index is 13.4. The van der Waals surface area contributed by atoms with Gasteiger partial charge in [-0.15, -0.1) is 0 Å². The minimum absolute atomic E-state index is 0.192. The minimum Gasteiger partial charge on any atom is -0.340 e. The number of hydrogen-bond donors (Lipinski definition) is 3. The Kier molecular flexibility index (Phi) is 5.67. The largest absolute Gasteiger partial charge is 0.340 e. The summed E-state index contributed by atoms with van der Waals surface area (Å²) in [4.78, 5) is 32.5. The van der Waals surface area contributed by atoms with E-state index in [9.17, 15) is 18.4 Å². The lowest BCUT2D eigenvalue weighted by Gasteiger charge is -2.23. The number of imidazole rings is 1. The summed E-state index contributed by atoms with van der Waals surface area (Å²) in [6, 6.07) is 8.90. The molecule has 2 atom stereocenters. The summed E-state index contributed by atoms with van der Waals surface area (Å²) in [5.74, 6) is -2.90. The predicted molar refractivity (Wildman–Crippen MR) is 102 cm³/mol. The molecule has 0 aliphatic heterocycles. The number of rotatable bonds is 6. The number of amides is 2. The van der Waals surface area contributed by atoms with Crippen molar-refractivity contribution < 1.29 is 18.4 Å². The molecule has 0 unspecified atom stereocenters. The van der Waals surface area contributed by atoms with E-state index in [-0.39, 0.29) is 17.4 Å². The van der Waals surface area contributed by atoms with Crippen LogP contribution in [0.15, 0.2) is 42.5 Å². The van der Waals surface area contributed by atoms with E-state index in [1.807, 2.05) is 25.1 Å². The van der Waals surface area contributed by atoms with Gasteiger partial charge in [0.05, 0.1) is 11.0 Å². The normalized spacial score (nSPS) is 13.1. The van der Waals surface area contributed by atoms with Crippen molar-refractivity contribution in [2.24, 2.45) is 5.92 Å². The number of nitrogens with zero attached hydrogens (tertiary/aromatic N) is 1. The zero-order valence-electron chi connectivity index (χ0n) is 15.4. The average molecular weight is 386 g/mol. The van der Waals surface area contributed by atoms with Crippen LogP contribution >= 0.6 is 0 Å². The third-order valence-electron chi connectivity index (χ3n) is 4.54. The molecule has 3 N–H and O–H groups in total. The van der Waals surface area contributed by atoms with Crippen molar-refractivity contribution in [1.82, 2.24) is 15.3 Å². The van der Waals surface area contributed by atoms with Crippen LogP contribution in [0.25, 0.3) is 11.0 Å². The third-order valence-corrected chi connectivity index (χ3v) is 4.54. The molecule has 2 aromatic carbocycles. The zero-order valence-corrected chi connectivity index (χ0v) is 15.4. The second-order valence-electron chi connectivity index (χ2n) is 6.59. The first-order valence-corrected chi connectivity index (χ1v) is 8.90. The molecule has 3 aromatic rings. The van der Waals surface area contributed by atoms with Crippen molar-refractivity contribution in [3.8, 4) is 0 Å². The van der Waals surface area contributed by atoms with Gasteiger partial charge in [-0.1, -0.05) is 32.4 Å². The number of H-pyrrole nitrogens is 1. The molecule has 0 fully saturated rings. The van der Waals surface area contributed by atoms with E-state index in [1.165, 1.54) is 0 Å². The van der Waals surface area contributed by atoms with Gasteiger partial charge < -0.3 is 10.3 Å². The molecule has 0 spiro atoms. The number of halogens is 2. The quantitative estimate of drug-likeness (QED) is 0.605. The van der Waals surface area contributed by atoms with Crippen LogP contribution in [0.2, 0.25) is 0 Å². The molecule has 28 heavy (non-hydrogen) atoms. The summed E-state index contributed by atoms with van der Waals surface area (Å²) in [6.07, 6.45) is 0.607.